The van der Waals surface area contributed by atoms with Crippen LogP contribution >= 0.6 is 0 Å². The van der Waals surface area contributed by atoms with Crippen LogP contribution in [0.4, 0.5) is 8.78 Å². The number of aliphatic hydroxyl groups excluding tert-OH is 1. The highest BCUT2D eigenvalue weighted by Gasteiger charge is 2.37. The second kappa shape index (κ2) is 7.12. The molecule has 0 saturated carbocycles. The van der Waals surface area contributed by atoms with Crippen molar-refractivity contribution in [3.8, 4) is 0 Å². The molecule has 1 heterocycles. The molecule has 0 spiro atoms. The Bertz CT molecular complexity index is 704. The molecule has 1 fully saturated rings. The third kappa shape index (κ3) is 4.08. The van der Waals surface area contributed by atoms with Crippen molar-refractivity contribution in [3.63, 3.8) is 0 Å². The minimum Gasteiger partial charge on any atom is -0.391 e. The van der Waals surface area contributed by atoms with Gasteiger partial charge in [-0.05, 0) is 12.1 Å². The lowest BCUT2D eigenvalue weighted by Gasteiger charge is -2.18. The van der Waals surface area contributed by atoms with E-state index in [0.717, 1.165) is 16.4 Å². The summed E-state index contributed by atoms with van der Waals surface area (Å²) in [6, 6.07) is 3.34. The molecule has 0 aromatic heterocycles. The lowest BCUT2D eigenvalue weighted by atomic mass is 10.1. The summed E-state index contributed by atoms with van der Waals surface area (Å²) < 4.78 is 52.1. The van der Waals surface area contributed by atoms with Gasteiger partial charge in [-0.2, -0.15) is 0 Å². The highest BCUT2D eigenvalue weighted by Crippen LogP contribution is 2.22. The van der Waals surface area contributed by atoms with Gasteiger partial charge in [0.1, 0.15) is 11.6 Å². The first-order chi connectivity index (χ1) is 11.1. The van der Waals surface area contributed by atoms with Crippen molar-refractivity contribution in [2.75, 3.05) is 32.9 Å². The van der Waals surface area contributed by atoms with Crippen molar-refractivity contribution in [1.29, 1.82) is 0 Å². The minimum atomic E-state index is -3.52. The van der Waals surface area contributed by atoms with Crippen molar-refractivity contribution < 1.29 is 27.1 Å². The Labute approximate surface area is 139 Å². The van der Waals surface area contributed by atoms with Crippen LogP contribution < -0.4 is 0 Å². The van der Waals surface area contributed by atoms with Gasteiger partial charge in [-0.15, -0.1) is 0 Å². The molecule has 1 aromatic rings. The van der Waals surface area contributed by atoms with Crippen LogP contribution in [0.2, 0.25) is 0 Å². The van der Waals surface area contributed by atoms with Crippen LogP contribution in [0.25, 0.3) is 0 Å². The lowest BCUT2D eigenvalue weighted by molar-refractivity contribution is -0.129. The van der Waals surface area contributed by atoms with E-state index in [0.29, 0.717) is 0 Å². The lowest BCUT2D eigenvalue weighted by Crippen LogP contribution is -2.34. The van der Waals surface area contributed by atoms with Crippen molar-refractivity contribution in [2.24, 2.45) is 5.92 Å². The number of carbonyl (C=O) groups excluding carboxylic acids is 1. The Hall–Kier alpha value is -1.58. The third-order valence-corrected chi connectivity index (χ3v) is 6.09. The van der Waals surface area contributed by atoms with Crippen LogP contribution in [0.5, 0.6) is 0 Å². The van der Waals surface area contributed by atoms with Gasteiger partial charge >= 0.3 is 0 Å². The van der Waals surface area contributed by atoms with E-state index in [2.05, 4.69) is 0 Å². The van der Waals surface area contributed by atoms with E-state index in [4.69, 9.17) is 0 Å². The molecule has 1 saturated heterocycles. The molecule has 134 valence electrons. The summed E-state index contributed by atoms with van der Waals surface area (Å²) in [5.74, 6) is -3.10. The number of aliphatic hydroxyl groups is 1. The number of β-amino-alcohol motifs (C(OH)–C–C–N with tert-alkyl or cyclic N) is 1. The van der Waals surface area contributed by atoms with Gasteiger partial charge in [0.2, 0.25) is 15.9 Å². The van der Waals surface area contributed by atoms with Gasteiger partial charge in [0.25, 0.3) is 0 Å². The molecule has 1 N–H and O–H groups in total. The fourth-order valence-electron chi connectivity index (χ4n) is 2.61. The fraction of sp³-hybridized carbons (Fsp3) is 0.533. The Kier molecular flexibility index (Phi) is 5.56. The number of hydrogen-bond donors (Lipinski definition) is 1. The summed E-state index contributed by atoms with van der Waals surface area (Å²) >= 11 is 0. The van der Waals surface area contributed by atoms with E-state index in [1.807, 2.05) is 0 Å². The zero-order valence-corrected chi connectivity index (χ0v) is 14.3. The molecule has 1 aromatic carbocycles. The van der Waals surface area contributed by atoms with Gasteiger partial charge in [0.15, 0.2) is 0 Å². The molecular formula is C15H20F2N2O4S. The predicted octanol–water partition coefficient (Wildman–Crippen LogP) is 0.218. The maximum atomic E-state index is 13.6. The van der Waals surface area contributed by atoms with Gasteiger partial charge in [0.05, 0.1) is 18.3 Å². The van der Waals surface area contributed by atoms with E-state index in [9.17, 15) is 27.1 Å². The summed E-state index contributed by atoms with van der Waals surface area (Å²) in [6.07, 6.45) is -1.47. The average Bonchev–Trinajstić information content (AvgIpc) is 2.83. The Morgan fingerprint density at radius 3 is 2.42 bits per heavy atom. The third-order valence-electron chi connectivity index (χ3n) is 4.13. The topological polar surface area (TPSA) is 77.9 Å². The Balaban J connectivity index is 2.05. The van der Waals surface area contributed by atoms with Crippen LogP contribution in [0, 0.1) is 17.6 Å². The Morgan fingerprint density at radius 2 is 1.88 bits per heavy atom. The summed E-state index contributed by atoms with van der Waals surface area (Å²) in [5, 5.41) is 10.0. The molecule has 1 aliphatic heterocycles. The van der Waals surface area contributed by atoms with E-state index in [1.54, 1.807) is 0 Å². The summed E-state index contributed by atoms with van der Waals surface area (Å²) in [7, 11) is -0.742. The number of carbonyl (C=O) groups is 1. The number of nitrogens with zero attached hydrogens (tertiary/aromatic N) is 2. The largest absolute Gasteiger partial charge is 0.391 e. The number of sulfonamides is 1. The Morgan fingerprint density at radius 1 is 1.29 bits per heavy atom. The van der Waals surface area contributed by atoms with Crippen molar-refractivity contribution >= 4 is 15.9 Å². The van der Waals surface area contributed by atoms with Crippen LogP contribution in [-0.2, 0) is 21.2 Å². The van der Waals surface area contributed by atoms with Crippen LogP contribution in [0.3, 0.4) is 0 Å². The quantitative estimate of drug-likeness (QED) is 0.813. The predicted molar refractivity (Wildman–Crippen MR) is 83.6 cm³/mol. The van der Waals surface area contributed by atoms with Gasteiger partial charge in [-0.3, -0.25) is 4.79 Å². The zero-order valence-electron chi connectivity index (χ0n) is 13.4. The molecule has 0 bridgehead atoms. The smallest absolute Gasteiger partial charge is 0.227 e. The molecule has 0 aliphatic carbocycles. The average molecular weight is 362 g/mol. The van der Waals surface area contributed by atoms with E-state index in [-0.39, 0.29) is 24.4 Å². The van der Waals surface area contributed by atoms with Crippen LogP contribution in [-0.4, -0.2) is 67.7 Å². The van der Waals surface area contributed by atoms with E-state index < -0.39 is 46.0 Å². The number of benzene rings is 1. The molecular weight excluding hydrogens is 342 g/mol. The normalized spacial score (nSPS) is 21.5. The maximum Gasteiger partial charge on any atom is 0.227 e. The molecule has 1 amide bonds. The first-order valence-corrected chi connectivity index (χ1v) is 9.01. The van der Waals surface area contributed by atoms with Gasteiger partial charge in [-0.1, -0.05) is 6.07 Å². The molecule has 2 atom stereocenters. The first-order valence-electron chi connectivity index (χ1n) is 7.40. The van der Waals surface area contributed by atoms with Crippen molar-refractivity contribution in [2.45, 2.75) is 12.5 Å². The number of hydrogen-bond acceptors (Lipinski definition) is 4. The second-order valence-electron chi connectivity index (χ2n) is 6.06. The summed E-state index contributed by atoms with van der Waals surface area (Å²) in [6.45, 7) is -0.0222. The highest BCUT2D eigenvalue weighted by atomic mass is 32.2. The number of rotatable bonds is 5. The van der Waals surface area contributed by atoms with Crippen LogP contribution in [0.15, 0.2) is 18.2 Å². The molecule has 9 heteroatoms. The molecule has 1 aliphatic rings. The van der Waals surface area contributed by atoms with Gasteiger partial charge in [0, 0.05) is 38.7 Å². The maximum absolute atomic E-state index is 13.6. The van der Waals surface area contributed by atoms with Crippen molar-refractivity contribution in [3.05, 3.63) is 35.4 Å². The number of likely N-dealkylation sites (tertiary alicyclic amines) is 1. The van der Waals surface area contributed by atoms with Gasteiger partial charge in [-0.25, -0.2) is 21.5 Å². The zero-order chi connectivity index (χ0) is 18.1. The molecule has 0 radical (unpaired) electrons. The monoisotopic (exact) mass is 362 g/mol. The summed E-state index contributed by atoms with van der Waals surface area (Å²) in [4.78, 5) is 13.5. The molecule has 6 nitrogen and oxygen atoms in total. The molecule has 24 heavy (non-hydrogen) atoms. The van der Waals surface area contributed by atoms with E-state index >= 15 is 0 Å². The fourth-order valence-corrected chi connectivity index (χ4v) is 3.77. The van der Waals surface area contributed by atoms with Gasteiger partial charge < -0.3 is 10.0 Å². The number of amides is 1. The molecule has 2 rings (SSSR count). The second-order valence-corrected chi connectivity index (χ2v) is 8.29. The first kappa shape index (κ1) is 18.8. The SMILES string of the molecule is CN(C)S(=O)(=O)C[C@@H]1CN(C(=O)Cc2c(F)cccc2F)C[C@H]1O. The molecule has 0 unspecified atom stereocenters. The number of halogens is 2. The summed E-state index contributed by atoms with van der Waals surface area (Å²) in [5.41, 5.74) is -0.332. The standard InChI is InChI=1S/C15H20F2N2O4S/c1-18(2)24(22,23)9-10-7-19(8-14(10)20)15(21)6-11-12(16)4-3-5-13(11)17/h3-5,10,14,20H,6-9H2,1-2H3/t10-,14+/m0/s1. The minimum absolute atomic E-state index is 0.0309. The highest BCUT2D eigenvalue weighted by molar-refractivity contribution is 7.89. The van der Waals surface area contributed by atoms with E-state index in [1.165, 1.54) is 25.1 Å². The van der Waals surface area contributed by atoms with Crippen LogP contribution in [0.1, 0.15) is 5.56 Å². The van der Waals surface area contributed by atoms with Crippen molar-refractivity contribution in [1.82, 2.24) is 9.21 Å².